The molecule has 5 nitrogen and oxygen atoms in total. The maximum absolute atomic E-state index is 5.84. The van der Waals surface area contributed by atoms with Crippen molar-refractivity contribution in [1.82, 2.24) is 5.32 Å². The van der Waals surface area contributed by atoms with Gasteiger partial charge < -0.3 is 25.6 Å². The summed E-state index contributed by atoms with van der Waals surface area (Å²) in [6.07, 6.45) is 3.02. The zero-order valence-corrected chi connectivity index (χ0v) is 12.3. The Labute approximate surface area is 106 Å². The fourth-order valence-electron chi connectivity index (χ4n) is 1.49. The second kappa shape index (κ2) is 11.1. The highest BCUT2D eigenvalue weighted by atomic mass is 28.4. The molecule has 0 radical (unpaired) electrons. The summed E-state index contributed by atoms with van der Waals surface area (Å²) in [5.41, 5.74) is 10.9. The Balaban J connectivity index is 3.57. The quantitative estimate of drug-likeness (QED) is 0.351. The van der Waals surface area contributed by atoms with E-state index in [1.807, 2.05) is 0 Å². The van der Waals surface area contributed by atoms with Crippen LogP contribution in [0.1, 0.15) is 19.3 Å². The summed E-state index contributed by atoms with van der Waals surface area (Å²) in [4.78, 5) is 0. The molecule has 0 bridgehead atoms. The lowest BCUT2D eigenvalue weighted by molar-refractivity contribution is 0.202. The standard InChI is InChI=1S/C11H29N3O2Si/c1-15-17(2,16-10-4-7-13)11-5-9-14-8-3-6-12/h14H,3-13H2,1-2H3. The summed E-state index contributed by atoms with van der Waals surface area (Å²) in [6, 6.07) is 1.02. The molecule has 0 heterocycles. The number of hydrogen-bond acceptors (Lipinski definition) is 5. The second-order valence-electron chi connectivity index (χ2n) is 4.32. The maximum atomic E-state index is 5.84. The molecule has 0 rings (SSSR count). The summed E-state index contributed by atoms with van der Waals surface area (Å²) in [5, 5.41) is 3.36. The first-order valence-electron chi connectivity index (χ1n) is 6.48. The molecule has 0 aromatic carbocycles. The van der Waals surface area contributed by atoms with Crippen LogP contribution in [0.4, 0.5) is 0 Å². The summed E-state index contributed by atoms with van der Waals surface area (Å²) >= 11 is 0. The van der Waals surface area contributed by atoms with Gasteiger partial charge in [-0.15, -0.1) is 0 Å². The molecule has 6 heteroatoms. The number of nitrogens with two attached hydrogens (primary N) is 2. The van der Waals surface area contributed by atoms with Crippen LogP contribution in [0.5, 0.6) is 0 Å². The number of nitrogens with one attached hydrogen (secondary N) is 1. The third kappa shape index (κ3) is 9.69. The fourth-order valence-corrected chi connectivity index (χ4v) is 3.35. The van der Waals surface area contributed by atoms with Crippen molar-refractivity contribution in [3.63, 3.8) is 0 Å². The van der Waals surface area contributed by atoms with E-state index in [0.717, 1.165) is 44.9 Å². The first-order chi connectivity index (χ1) is 8.18. The summed E-state index contributed by atoms with van der Waals surface area (Å²) in [5.74, 6) is 0. The van der Waals surface area contributed by atoms with Crippen molar-refractivity contribution in [1.29, 1.82) is 0 Å². The van der Waals surface area contributed by atoms with Crippen LogP contribution in [-0.4, -0.2) is 48.5 Å². The number of rotatable bonds is 12. The highest BCUT2D eigenvalue weighted by Gasteiger charge is 2.29. The van der Waals surface area contributed by atoms with Crippen molar-refractivity contribution >= 4 is 8.56 Å². The molecule has 1 atom stereocenters. The minimum atomic E-state index is -1.95. The Kier molecular flexibility index (Phi) is 11.1. The molecule has 1 unspecified atom stereocenters. The highest BCUT2D eigenvalue weighted by Crippen LogP contribution is 2.14. The van der Waals surface area contributed by atoms with E-state index in [0.29, 0.717) is 13.2 Å². The van der Waals surface area contributed by atoms with Gasteiger partial charge >= 0.3 is 8.56 Å². The van der Waals surface area contributed by atoms with Gasteiger partial charge in [0.05, 0.1) is 0 Å². The van der Waals surface area contributed by atoms with Crippen LogP contribution in [0.3, 0.4) is 0 Å². The molecule has 0 saturated heterocycles. The Morgan fingerprint density at radius 2 is 1.71 bits per heavy atom. The van der Waals surface area contributed by atoms with Crippen molar-refractivity contribution in [2.75, 3.05) is 39.9 Å². The van der Waals surface area contributed by atoms with Crippen LogP contribution >= 0.6 is 0 Å². The molecule has 0 aliphatic heterocycles. The van der Waals surface area contributed by atoms with E-state index in [1.54, 1.807) is 7.11 Å². The lowest BCUT2D eigenvalue weighted by Gasteiger charge is -2.25. The van der Waals surface area contributed by atoms with Crippen LogP contribution in [0.25, 0.3) is 0 Å². The van der Waals surface area contributed by atoms with Gasteiger partial charge in [0, 0.05) is 13.7 Å². The minimum absolute atomic E-state index is 0.675. The SMILES string of the molecule is CO[Si](C)(CCCNCCCN)OCCCN. The Hall–Kier alpha value is 0.0169. The van der Waals surface area contributed by atoms with Crippen LogP contribution in [0.15, 0.2) is 0 Å². The maximum Gasteiger partial charge on any atom is 0.334 e. The Morgan fingerprint density at radius 3 is 2.29 bits per heavy atom. The van der Waals surface area contributed by atoms with E-state index in [-0.39, 0.29) is 0 Å². The van der Waals surface area contributed by atoms with Crippen molar-refractivity contribution < 1.29 is 8.85 Å². The van der Waals surface area contributed by atoms with Crippen LogP contribution in [0.2, 0.25) is 12.6 Å². The molecule has 0 aromatic rings. The molecule has 17 heavy (non-hydrogen) atoms. The van der Waals surface area contributed by atoms with Gasteiger partial charge in [0.25, 0.3) is 0 Å². The zero-order chi connectivity index (χ0) is 13.0. The van der Waals surface area contributed by atoms with E-state index >= 15 is 0 Å². The van der Waals surface area contributed by atoms with Gasteiger partial charge in [-0.2, -0.15) is 0 Å². The summed E-state index contributed by atoms with van der Waals surface area (Å²) in [7, 11) is -0.203. The van der Waals surface area contributed by atoms with Gasteiger partial charge in [-0.1, -0.05) is 0 Å². The average molecular weight is 263 g/mol. The molecular formula is C11H29N3O2Si. The van der Waals surface area contributed by atoms with Crippen molar-refractivity contribution in [3.8, 4) is 0 Å². The predicted octanol–water partition coefficient (Wildman–Crippen LogP) is 0.399. The zero-order valence-electron chi connectivity index (χ0n) is 11.3. The van der Waals surface area contributed by atoms with E-state index in [2.05, 4.69) is 11.9 Å². The van der Waals surface area contributed by atoms with Gasteiger partial charge in [-0.05, 0) is 58.0 Å². The largest absolute Gasteiger partial charge is 0.398 e. The minimum Gasteiger partial charge on any atom is -0.398 e. The van der Waals surface area contributed by atoms with Crippen molar-refractivity contribution in [2.24, 2.45) is 11.5 Å². The van der Waals surface area contributed by atoms with Crippen LogP contribution < -0.4 is 16.8 Å². The van der Waals surface area contributed by atoms with Gasteiger partial charge in [0.15, 0.2) is 0 Å². The van der Waals surface area contributed by atoms with E-state index in [4.69, 9.17) is 20.3 Å². The van der Waals surface area contributed by atoms with E-state index < -0.39 is 8.56 Å². The average Bonchev–Trinajstić information content (AvgIpc) is 2.34. The lowest BCUT2D eigenvalue weighted by atomic mass is 10.4. The van der Waals surface area contributed by atoms with E-state index in [1.165, 1.54) is 0 Å². The van der Waals surface area contributed by atoms with Crippen LogP contribution in [0, 0.1) is 0 Å². The fraction of sp³-hybridized carbons (Fsp3) is 1.00. The third-order valence-corrected chi connectivity index (χ3v) is 5.67. The molecule has 0 aliphatic carbocycles. The topological polar surface area (TPSA) is 82.5 Å². The second-order valence-corrected chi connectivity index (χ2v) is 7.79. The molecule has 5 N–H and O–H groups in total. The molecule has 0 fully saturated rings. The Morgan fingerprint density at radius 1 is 1.06 bits per heavy atom. The Bertz CT molecular complexity index is 175. The number of hydrogen-bond donors (Lipinski definition) is 3. The highest BCUT2D eigenvalue weighted by molar-refractivity contribution is 6.65. The van der Waals surface area contributed by atoms with E-state index in [9.17, 15) is 0 Å². The van der Waals surface area contributed by atoms with Gasteiger partial charge in [0.2, 0.25) is 0 Å². The first-order valence-corrected chi connectivity index (χ1v) is 9.01. The molecule has 0 aromatic heterocycles. The van der Waals surface area contributed by atoms with Gasteiger partial charge in [-0.3, -0.25) is 0 Å². The summed E-state index contributed by atoms with van der Waals surface area (Å²) < 4.78 is 11.4. The molecule has 0 amide bonds. The van der Waals surface area contributed by atoms with Crippen molar-refractivity contribution in [2.45, 2.75) is 31.9 Å². The van der Waals surface area contributed by atoms with Gasteiger partial charge in [-0.25, -0.2) is 0 Å². The van der Waals surface area contributed by atoms with Gasteiger partial charge in [0.1, 0.15) is 0 Å². The molecule has 0 saturated carbocycles. The normalized spacial score (nSPS) is 14.8. The summed E-state index contributed by atoms with van der Waals surface area (Å²) in [6.45, 7) is 6.26. The third-order valence-electron chi connectivity index (χ3n) is 2.73. The monoisotopic (exact) mass is 263 g/mol. The molecular weight excluding hydrogens is 234 g/mol. The van der Waals surface area contributed by atoms with Crippen LogP contribution in [-0.2, 0) is 8.85 Å². The molecule has 0 spiro atoms. The predicted molar refractivity (Wildman–Crippen MR) is 74.2 cm³/mol. The first kappa shape index (κ1) is 17.0. The molecule has 104 valence electrons. The van der Waals surface area contributed by atoms with Crippen molar-refractivity contribution in [3.05, 3.63) is 0 Å². The molecule has 0 aliphatic rings. The lowest BCUT2D eigenvalue weighted by Crippen LogP contribution is -2.38. The smallest absolute Gasteiger partial charge is 0.334 e.